The molecule has 180 valence electrons. The highest BCUT2D eigenvalue weighted by molar-refractivity contribution is 7.99. The quantitative estimate of drug-likeness (QED) is 0.377. The predicted molar refractivity (Wildman–Crippen MR) is 133 cm³/mol. The van der Waals surface area contributed by atoms with Crippen molar-refractivity contribution in [2.75, 3.05) is 12.3 Å². The summed E-state index contributed by atoms with van der Waals surface area (Å²) in [4.78, 5) is 46.6. The van der Waals surface area contributed by atoms with Crippen LogP contribution in [0.1, 0.15) is 23.6 Å². The summed E-state index contributed by atoms with van der Waals surface area (Å²) in [6.07, 6.45) is 4.75. The summed E-state index contributed by atoms with van der Waals surface area (Å²) >= 11 is 7.52. The lowest BCUT2D eigenvalue weighted by Crippen LogP contribution is -2.33. The van der Waals surface area contributed by atoms with E-state index in [0.717, 1.165) is 5.56 Å². The minimum absolute atomic E-state index is 0.104. The number of carbonyl (C=O) groups is 1. The first-order valence-electron chi connectivity index (χ1n) is 11.0. The molecule has 1 aliphatic heterocycles. The van der Waals surface area contributed by atoms with Crippen molar-refractivity contribution in [1.82, 2.24) is 34.2 Å². The van der Waals surface area contributed by atoms with Crippen LogP contribution in [0.4, 0.5) is 0 Å². The van der Waals surface area contributed by atoms with Crippen LogP contribution < -0.4 is 16.4 Å². The third-order valence-electron chi connectivity index (χ3n) is 5.83. The fraction of sp³-hybridized carbons (Fsp3) is 0.304. The van der Waals surface area contributed by atoms with Gasteiger partial charge in [-0.1, -0.05) is 35.5 Å². The summed E-state index contributed by atoms with van der Waals surface area (Å²) in [6, 6.07) is 7.09. The van der Waals surface area contributed by atoms with Crippen molar-refractivity contribution >= 4 is 40.3 Å². The molecule has 10 nitrogen and oxygen atoms in total. The third kappa shape index (κ3) is 4.73. The molecule has 5 rings (SSSR count). The van der Waals surface area contributed by atoms with E-state index in [-0.39, 0.29) is 29.5 Å². The Morgan fingerprint density at radius 1 is 1.23 bits per heavy atom. The van der Waals surface area contributed by atoms with E-state index in [4.69, 9.17) is 11.6 Å². The van der Waals surface area contributed by atoms with E-state index in [1.165, 1.54) is 28.9 Å². The second-order valence-electron chi connectivity index (χ2n) is 8.33. The molecule has 0 saturated carbocycles. The molecule has 0 bridgehead atoms. The topological polar surface area (TPSA) is 117 Å². The van der Waals surface area contributed by atoms with E-state index in [1.54, 1.807) is 34.5 Å². The van der Waals surface area contributed by atoms with Crippen LogP contribution in [0.15, 0.2) is 57.7 Å². The van der Waals surface area contributed by atoms with Crippen LogP contribution in [0, 0.1) is 6.92 Å². The zero-order valence-corrected chi connectivity index (χ0v) is 20.4. The van der Waals surface area contributed by atoms with Gasteiger partial charge in [-0.15, -0.1) is 0 Å². The number of halogens is 1. The minimum Gasteiger partial charge on any atom is -0.354 e. The minimum atomic E-state index is -0.222. The zero-order chi connectivity index (χ0) is 24.5. The molecule has 3 aromatic heterocycles. The summed E-state index contributed by atoms with van der Waals surface area (Å²) < 4.78 is 4.72. The van der Waals surface area contributed by atoms with E-state index in [1.807, 2.05) is 12.1 Å². The first kappa shape index (κ1) is 23.3. The molecule has 12 heteroatoms. The molecule has 1 atom stereocenters. The second-order valence-corrected chi connectivity index (χ2v) is 9.75. The zero-order valence-electron chi connectivity index (χ0n) is 18.8. The summed E-state index contributed by atoms with van der Waals surface area (Å²) in [6.45, 7) is 2.74. The van der Waals surface area contributed by atoms with Gasteiger partial charge < -0.3 is 5.32 Å². The Morgan fingerprint density at radius 3 is 2.91 bits per heavy atom. The number of thioether (sulfide) groups is 1. The van der Waals surface area contributed by atoms with Gasteiger partial charge in [0.05, 0.1) is 25.3 Å². The van der Waals surface area contributed by atoms with Crippen molar-refractivity contribution in [3.63, 3.8) is 0 Å². The second kappa shape index (κ2) is 9.67. The van der Waals surface area contributed by atoms with Crippen molar-refractivity contribution in [2.24, 2.45) is 0 Å². The van der Waals surface area contributed by atoms with Crippen molar-refractivity contribution in [2.45, 2.75) is 37.6 Å². The number of nitrogens with one attached hydrogen (secondary N) is 1. The monoisotopic (exact) mass is 511 g/mol. The van der Waals surface area contributed by atoms with Crippen LogP contribution in [0.2, 0.25) is 5.02 Å². The molecule has 1 amide bonds. The Labute approximate surface area is 209 Å². The molecule has 1 unspecified atom stereocenters. The van der Waals surface area contributed by atoms with Gasteiger partial charge in [-0.2, -0.15) is 5.10 Å². The van der Waals surface area contributed by atoms with Crippen LogP contribution in [-0.2, 0) is 17.9 Å². The number of benzene rings is 1. The molecular formula is C23H22ClN7O3S. The van der Waals surface area contributed by atoms with Gasteiger partial charge in [0.25, 0.3) is 11.1 Å². The van der Waals surface area contributed by atoms with Gasteiger partial charge in [-0.05, 0) is 24.6 Å². The standard InChI is InChI=1S/C23H22ClN7O3S/c1-14-9-26-23-31(21(14)33)17(12-35-23)8-19(32)25-5-6-30-20-18(10-28-30)22(34)29(13-27-20)11-15-3-2-4-16(24)7-15/h2-4,7,9-10,13,17H,5-6,8,11-12H2,1H3,(H,25,32). The van der Waals surface area contributed by atoms with Gasteiger partial charge in [0.15, 0.2) is 10.8 Å². The van der Waals surface area contributed by atoms with Crippen molar-refractivity contribution < 1.29 is 4.79 Å². The largest absolute Gasteiger partial charge is 0.354 e. The molecule has 4 heterocycles. The number of hydrogen-bond acceptors (Lipinski definition) is 7. The fourth-order valence-electron chi connectivity index (χ4n) is 4.06. The molecule has 4 aromatic rings. The number of aromatic nitrogens is 6. The first-order chi connectivity index (χ1) is 16.9. The maximum Gasteiger partial charge on any atom is 0.264 e. The number of hydrogen-bond donors (Lipinski definition) is 1. The van der Waals surface area contributed by atoms with Crippen molar-refractivity contribution in [3.8, 4) is 0 Å². The number of fused-ring (bicyclic) bond motifs is 2. The van der Waals surface area contributed by atoms with Crippen molar-refractivity contribution in [1.29, 1.82) is 0 Å². The Balaban J connectivity index is 1.22. The Kier molecular flexibility index (Phi) is 6.44. The van der Waals surface area contributed by atoms with Crippen LogP contribution in [0.25, 0.3) is 11.0 Å². The van der Waals surface area contributed by atoms with E-state index in [9.17, 15) is 14.4 Å². The SMILES string of the molecule is Cc1cnc2n(c1=O)C(CC(=O)NCCn1ncc3c(=O)n(Cc4cccc(Cl)c4)cnc31)CS2. The molecule has 0 aliphatic carbocycles. The van der Waals surface area contributed by atoms with Gasteiger partial charge in [-0.3, -0.25) is 23.5 Å². The Bertz CT molecular complexity index is 1540. The number of aryl methyl sites for hydroxylation is 1. The lowest BCUT2D eigenvalue weighted by Gasteiger charge is -2.13. The highest BCUT2D eigenvalue weighted by atomic mass is 35.5. The lowest BCUT2D eigenvalue weighted by molar-refractivity contribution is -0.121. The fourth-order valence-corrected chi connectivity index (χ4v) is 5.38. The molecule has 0 spiro atoms. The summed E-state index contributed by atoms with van der Waals surface area (Å²) in [5.74, 6) is 0.471. The van der Waals surface area contributed by atoms with E-state index in [2.05, 4.69) is 20.4 Å². The van der Waals surface area contributed by atoms with Gasteiger partial charge in [0.2, 0.25) is 5.91 Å². The molecule has 1 aromatic carbocycles. The summed E-state index contributed by atoms with van der Waals surface area (Å²) in [7, 11) is 0. The molecule has 0 saturated heterocycles. The van der Waals surface area contributed by atoms with Gasteiger partial charge >= 0.3 is 0 Å². The number of carbonyl (C=O) groups excluding carboxylic acids is 1. The number of nitrogens with zero attached hydrogens (tertiary/aromatic N) is 6. The average Bonchev–Trinajstić information content (AvgIpc) is 3.43. The van der Waals surface area contributed by atoms with Gasteiger partial charge in [0.1, 0.15) is 11.7 Å². The van der Waals surface area contributed by atoms with Crippen LogP contribution in [0.3, 0.4) is 0 Å². The maximum atomic E-state index is 12.9. The van der Waals surface area contributed by atoms with E-state index >= 15 is 0 Å². The molecule has 0 fully saturated rings. The van der Waals surface area contributed by atoms with E-state index in [0.29, 0.717) is 52.2 Å². The summed E-state index contributed by atoms with van der Waals surface area (Å²) in [5, 5.41) is 8.81. The average molecular weight is 512 g/mol. The molecule has 1 aliphatic rings. The maximum absolute atomic E-state index is 12.9. The van der Waals surface area contributed by atoms with E-state index < -0.39 is 0 Å². The van der Waals surface area contributed by atoms with Gasteiger partial charge in [-0.25, -0.2) is 14.6 Å². The molecule has 0 radical (unpaired) electrons. The highest BCUT2D eigenvalue weighted by Crippen LogP contribution is 2.31. The molecule has 1 N–H and O–H groups in total. The predicted octanol–water partition coefficient (Wildman–Crippen LogP) is 2.01. The van der Waals surface area contributed by atoms with Crippen LogP contribution in [0.5, 0.6) is 0 Å². The summed E-state index contributed by atoms with van der Waals surface area (Å²) in [5.41, 5.74) is 1.62. The van der Waals surface area contributed by atoms with Crippen molar-refractivity contribution in [3.05, 3.63) is 79.8 Å². The van der Waals surface area contributed by atoms with Crippen LogP contribution in [-0.4, -0.2) is 47.1 Å². The number of amides is 1. The van der Waals surface area contributed by atoms with Gasteiger partial charge in [0, 0.05) is 35.5 Å². The first-order valence-corrected chi connectivity index (χ1v) is 12.4. The smallest absolute Gasteiger partial charge is 0.264 e. The molecule has 35 heavy (non-hydrogen) atoms. The third-order valence-corrected chi connectivity index (χ3v) is 7.18. The van der Waals surface area contributed by atoms with Crippen LogP contribution >= 0.6 is 23.4 Å². The lowest BCUT2D eigenvalue weighted by atomic mass is 10.2. The Morgan fingerprint density at radius 2 is 2.09 bits per heavy atom. The normalized spacial score (nSPS) is 14.9. The Hall–Kier alpha value is -3.44. The highest BCUT2D eigenvalue weighted by Gasteiger charge is 2.27. The number of rotatable bonds is 7. The molecular weight excluding hydrogens is 490 g/mol.